The molecule has 0 aliphatic carbocycles. The first-order chi connectivity index (χ1) is 16.0. The van der Waals surface area contributed by atoms with Gasteiger partial charge in [0.25, 0.3) is 0 Å². The van der Waals surface area contributed by atoms with Crippen LogP contribution in [0.3, 0.4) is 0 Å². The molecule has 2 N–H and O–H groups in total. The van der Waals surface area contributed by atoms with Gasteiger partial charge in [0, 0.05) is 17.7 Å². The van der Waals surface area contributed by atoms with Crippen LogP contribution < -0.4 is 10.3 Å². The summed E-state index contributed by atoms with van der Waals surface area (Å²) >= 11 is 0. The molecule has 182 valence electrons. The first-order valence-electron chi connectivity index (χ1n) is 11.1. The van der Waals surface area contributed by atoms with Gasteiger partial charge in [0.15, 0.2) is 5.60 Å². The van der Waals surface area contributed by atoms with Crippen LogP contribution in [0.2, 0.25) is 0 Å². The number of hydrogen-bond donors (Lipinski definition) is 2. The Morgan fingerprint density at radius 3 is 2.50 bits per heavy atom. The minimum Gasteiger partial charge on any atom is -0.496 e. The fourth-order valence-electron chi connectivity index (χ4n) is 3.98. The quantitative estimate of drug-likeness (QED) is 0.380. The highest BCUT2D eigenvalue weighted by Crippen LogP contribution is 2.42. The van der Waals surface area contributed by atoms with E-state index in [1.165, 1.54) is 25.3 Å². The molecule has 0 amide bonds. The number of ether oxygens (including phenoxy) is 1. The summed E-state index contributed by atoms with van der Waals surface area (Å²) in [5, 5.41) is 11.3. The molecule has 5 nitrogen and oxygen atoms in total. The van der Waals surface area contributed by atoms with Gasteiger partial charge in [-0.25, -0.2) is 0 Å². The Bertz CT molecular complexity index is 1230. The molecule has 2 aromatic carbocycles. The average molecular weight is 475 g/mol. The summed E-state index contributed by atoms with van der Waals surface area (Å²) < 4.78 is 47.8. The molecule has 0 aliphatic heterocycles. The van der Waals surface area contributed by atoms with Crippen LogP contribution in [0.4, 0.5) is 18.9 Å². The second-order valence-corrected chi connectivity index (χ2v) is 8.71. The summed E-state index contributed by atoms with van der Waals surface area (Å²) in [6, 6.07) is 13.0. The second-order valence-electron chi connectivity index (χ2n) is 8.71. The number of aromatic nitrogens is 1. The monoisotopic (exact) mass is 474 g/mol. The molecule has 0 fully saturated rings. The summed E-state index contributed by atoms with van der Waals surface area (Å²) in [5.41, 5.74) is -1.23. The van der Waals surface area contributed by atoms with Crippen molar-refractivity contribution in [1.82, 2.24) is 4.98 Å². The number of fused-ring (bicyclic) bond motifs is 1. The molecular formula is C26H29F3N2O3. The fourth-order valence-corrected chi connectivity index (χ4v) is 3.98. The van der Waals surface area contributed by atoms with E-state index in [0.29, 0.717) is 34.9 Å². The summed E-state index contributed by atoms with van der Waals surface area (Å²) in [6.07, 6.45) is -4.65. The van der Waals surface area contributed by atoms with Crippen molar-refractivity contribution in [2.75, 3.05) is 7.11 Å². The van der Waals surface area contributed by atoms with E-state index in [2.05, 4.69) is 9.98 Å². The van der Waals surface area contributed by atoms with Crippen LogP contribution in [0, 0.1) is 0 Å². The number of aromatic amines is 1. The molecule has 0 aliphatic rings. The SMILES string of the molecule is CCC(CC(O)(/C=N/c1cccc2[nH]c(=O)ccc12)C(F)(F)F)c1ccc(C(C)C)cc1OC. The van der Waals surface area contributed by atoms with Crippen LogP contribution in [-0.2, 0) is 0 Å². The van der Waals surface area contributed by atoms with Crippen molar-refractivity contribution in [3.05, 3.63) is 70.0 Å². The molecule has 0 bridgehead atoms. The summed E-state index contributed by atoms with van der Waals surface area (Å²) in [5.74, 6) is 0.105. The summed E-state index contributed by atoms with van der Waals surface area (Å²) in [7, 11) is 1.48. The lowest BCUT2D eigenvalue weighted by atomic mass is 9.83. The number of methoxy groups -OCH3 is 1. The lowest BCUT2D eigenvalue weighted by Crippen LogP contribution is -2.47. The number of hydrogen-bond acceptors (Lipinski definition) is 4. The Morgan fingerprint density at radius 1 is 1.15 bits per heavy atom. The highest BCUT2D eigenvalue weighted by Gasteiger charge is 2.53. The van der Waals surface area contributed by atoms with Gasteiger partial charge < -0.3 is 14.8 Å². The average Bonchev–Trinajstić information content (AvgIpc) is 2.79. The molecule has 1 heterocycles. The van der Waals surface area contributed by atoms with E-state index in [4.69, 9.17) is 4.74 Å². The molecular weight excluding hydrogens is 445 g/mol. The maximum Gasteiger partial charge on any atom is 0.422 e. The normalized spacial score (nSPS) is 15.1. The molecule has 3 aromatic rings. The van der Waals surface area contributed by atoms with Crippen molar-refractivity contribution < 1.29 is 23.0 Å². The van der Waals surface area contributed by atoms with Gasteiger partial charge in [-0.3, -0.25) is 9.79 Å². The van der Waals surface area contributed by atoms with Gasteiger partial charge in [-0.05, 0) is 60.1 Å². The zero-order chi connectivity index (χ0) is 25.1. The van der Waals surface area contributed by atoms with Gasteiger partial charge in [0.2, 0.25) is 5.56 Å². The molecule has 0 saturated heterocycles. The maximum atomic E-state index is 14.1. The predicted octanol–water partition coefficient (Wildman–Crippen LogP) is 6.24. The first kappa shape index (κ1) is 25.5. The topological polar surface area (TPSA) is 74.7 Å². The van der Waals surface area contributed by atoms with Gasteiger partial charge in [-0.1, -0.05) is 39.0 Å². The number of pyridine rings is 1. The fraction of sp³-hybridized carbons (Fsp3) is 0.385. The van der Waals surface area contributed by atoms with E-state index >= 15 is 0 Å². The molecule has 0 saturated carbocycles. The van der Waals surface area contributed by atoms with Crippen LogP contribution >= 0.6 is 0 Å². The molecule has 8 heteroatoms. The minimum absolute atomic E-state index is 0.211. The molecule has 2 atom stereocenters. The van der Waals surface area contributed by atoms with Crippen molar-refractivity contribution in [2.45, 2.75) is 57.2 Å². The third-order valence-electron chi connectivity index (χ3n) is 6.06. The zero-order valence-corrected chi connectivity index (χ0v) is 19.6. The number of benzene rings is 2. The van der Waals surface area contributed by atoms with Crippen molar-refractivity contribution in [1.29, 1.82) is 0 Å². The largest absolute Gasteiger partial charge is 0.496 e. The van der Waals surface area contributed by atoms with Crippen molar-refractivity contribution >= 4 is 22.8 Å². The summed E-state index contributed by atoms with van der Waals surface area (Å²) in [4.78, 5) is 18.2. The second kappa shape index (κ2) is 10.0. The first-order valence-corrected chi connectivity index (χ1v) is 11.1. The number of aliphatic hydroxyl groups is 1. The molecule has 0 radical (unpaired) electrons. The number of nitrogens with one attached hydrogen (secondary N) is 1. The van der Waals surface area contributed by atoms with E-state index in [0.717, 1.165) is 5.56 Å². The van der Waals surface area contributed by atoms with Crippen LogP contribution in [0.5, 0.6) is 5.75 Å². The third-order valence-corrected chi connectivity index (χ3v) is 6.06. The van der Waals surface area contributed by atoms with Gasteiger partial charge in [-0.2, -0.15) is 13.2 Å². The highest BCUT2D eigenvalue weighted by molar-refractivity contribution is 5.91. The lowest BCUT2D eigenvalue weighted by molar-refractivity contribution is -0.232. The van der Waals surface area contributed by atoms with Crippen LogP contribution in [-0.4, -0.2) is 35.2 Å². The minimum atomic E-state index is -4.95. The maximum absolute atomic E-state index is 14.1. The number of alkyl halides is 3. The Hall–Kier alpha value is -3.13. The Labute approximate surface area is 196 Å². The predicted molar refractivity (Wildman–Crippen MR) is 128 cm³/mol. The molecule has 2 unspecified atom stereocenters. The third kappa shape index (κ3) is 5.33. The number of nitrogens with zero attached hydrogens (tertiary/aromatic N) is 1. The highest BCUT2D eigenvalue weighted by atomic mass is 19.4. The van der Waals surface area contributed by atoms with Crippen LogP contribution in [0.15, 0.2) is 58.3 Å². The van der Waals surface area contributed by atoms with Crippen LogP contribution in [0.1, 0.15) is 56.6 Å². The van der Waals surface area contributed by atoms with Gasteiger partial charge >= 0.3 is 6.18 Å². The van der Waals surface area contributed by atoms with E-state index in [1.54, 1.807) is 25.1 Å². The number of aliphatic imine (C=N–C) groups is 1. The van der Waals surface area contributed by atoms with Crippen molar-refractivity contribution in [2.24, 2.45) is 4.99 Å². The van der Waals surface area contributed by atoms with Crippen molar-refractivity contribution in [3.63, 3.8) is 0 Å². The zero-order valence-electron chi connectivity index (χ0n) is 19.6. The van der Waals surface area contributed by atoms with E-state index in [-0.39, 0.29) is 17.2 Å². The van der Waals surface area contributed by atoms with E-state index < -0.39 is 24.1 Å². The Balaban J connectivity index is 2.01. The molecule has 0 spiro atoms. The number of H-pyrrole nitrogens is 1. The summed E-state index contributed by atoms with van der Waals surface area (Å²) in [6.45, 7) is 5.82. The van der Waals surface area contributed by atoms with Crippen molar-refractivity contribution in [3.8, 4) is 5.75 Å². The standard InChI is InChI=1S/C26H29F3N2O3/c1-5-17(19-10-9-18(16(2)3)13-23(19)34-4)14-25(33,26(27,28)29)15-30-21-7-6-8-22-20(21)11-12-24(32)31-22/h6-13,15-17,33H,5,14H2,1-4H3,(H,31,32)/b30-15+. The molecule has 3 rings (SSSR count). The smallest absolute Gasteiger partial charge is 0.422 e. The van der Waals surface area contributed by atoms with E-state index in [1.807, 2.05) is 26.0 Å². The Morgan fingerprint density at radius 2 is 1.88 bits per heavy atom. The van der Waals surface area contributed by atoms with Gasteiger partial charge in [0.05, 0.1) is 18.3 Å². The lowest BCUT2D eigenvalue weighted by Gasteiger charge is -2.31. The van der Waals surface area contributed by atoms with E-state index in [9.17, 15) is 23.1 Å². The van der Waals surface area contributed by atoms with Crippen LogP contribution in [0.25, 0.3) is 10.9 Å². The number of rotatable bonds is 8. The van der Waals surface area contributed by atoms with Gasteiger partial charge in [0.1, 0.15) is 5.75 Å². The molecule has 1 aromatic heterocycles. The number of halogens is 3. The Kier molecular flexibility index (Phi) is 7.51. The van der Waals surface area contributed by atoms with Gasteiger partial charge in [-0.15, -0.1) is 0 Å². The molecule has 34 heavy (non-hydrogen) atoms.